The number of benzene rings is 2. The molecule has 0 aliphatic rings. The number of hydrogen-bond acceptors (Lipinski definition) is 1. The van der Waals surface area contributed by atoms with E-state index in [1.54, 1.807) is 0 Å². The Morgan fingerprint density at radius 1 is 0.947 bits per heavy atom. The zero-order chi connectivity index (χ0) is 13.5. The highest BCUT2D eigenvalue weighted by Crippen LogP contribution is 2.18. The topological polar surface area (TPSA) is 12.0 Å². The third kappa shape index (κ3) is 4.29. The van der Waals surface area contributed by atoms with Crippen LogP contribution < -0.4 is 5.32 Å². The van der Waals surface area contributed by atoms with Gasteiger partial charge in [0.05, 0.1) is 0 Å². The molecule has 2 rings (SSSR count). The first-order valence-corrected chi connectivity index (χ1v) is 6.75. The SMILES string of the molecule is CC(C)=CCNc1ccccc1Cc1ccccc1. The average molecular weight is 251 g/mol. The van der Waals surface area contributed by atoms with Gasteiger partial charge in [0.2, 0.25) is 0 Å². The van der Waals surface area contributed by atoms with E-state index in [0.717, 1.165) is 13.0 Å². The van der Waals surface area contributed by atoms with Crippen molar-refractivity contribution in [2.24, 2.45) is 0 Å². The van der Waals surface area contributed by atoms with E-state index in [1.807, 2.05) is 0 Å². The lowest BCUT2D eigenvalue weighted by Crippen LogP contribution is -2.02. The lowest BCUT2D eigenvalue weighted by molar-refractivity contribution is 1.17. The van der Waals surface area contributed by atoms with E-state index in [-0.39, 0.29) is 0 Å². The van der Waals surface area contributed by atoms with Crippen LogP contribution in [0.3, 0.4) is 0 Å². The summed E-state index contributed by atoms with van der Waals surface area (Å²) in [5.41, 5.74) is 5.26. The maximum Gasteiger partial charge on any atom is 0.0378 e. The third-order valence-corrected chi connectivity index (χ3v) is 3.06. The Labute approximate surface area is 116 Å². The van der Waals surface area contributed by atoms with Gasteiger partial charge >= 0.3 is 0 Å². The van der Waals surface area contributed by atoms with Crippen molar-refractivity contribution in [1.82, 2.24) is 0 Å². The Morgan fingerprint density at radius 2 is 1.63 bits per heavy atom. The van der Waals surface area contributed by atoms with Crippen molar-refractivity contribution in [1.29, 1.82) is 0 Å². The summed E-state index contributed by atoms with van der Waals surface area (Å²) in [5, 5.41) is 3.49. The average Bonchev–Trinajstić information content (AvgIpc) is 2.41. The van der Waals surface area contributed by atoms with Gasteiger partial charge in [0.1, 0.15) is 0 Å². The Hall–Kier alpha value is -2.02. The number of rotatable bonds is 5. The van der Waals surface area contributed by atoms with E-state index in [9.17, 15) is 0 Å². The molecule has 1 nitrogen and oxygen atoms in total. The van der Waals surface area contributed by atoms with Gasteiger partial charge in [-0.05, 0) is 37.5 Å². The molecule has 0 bridgehead atoms. The summed E-state index contributed by atoms with van der Waals surface area (Å²) in [6.07, 6.45) is 3.18. The second-order valence-corrected chi connectivity index (χ2v) is 4.98. The van der Waals surface area contributed by atoms with Gasteiger partial charge in [-0.3, -0.25) is 0 Å². The summed E-state index contributed by atoms with van der Waals surface area (Å²) in [6.45, 7) is 5.13. The van der Waals surface area contributed by atoms with Crippen LogP contribution in [0.2, 0.25) is 0 Å². The number of hydrogen-bond donors (Lipinski definition) is 1. The lowest BCUT2D eigenvalue weighted by Gasteiger charge is -2.11. The van der Waals surface area contributed by atoms with Gasteiger partial charge in [0, 0.05) is 12.2 Å². The summed E-state index contributed by atoms with van der Waals surface area (Å²) in [5.74, 6) is 0. The largest absolute Gasteiger partial charge is 0.381 e. The molecular formula is C18H21N. The highest BCUT2D eigenvalue weighted by atomic mass is 14.9. The van der Waals surface area contributed by atoms with Gasteiger partial charge in [0.15, 0.2) is 0 Å². The molecule has 0 aliphatic carbocycles. The normalized spacial score (nSPS) is 10.0. The molecule has 0 atom stereocenters. The summed E-state index contributed by atoms with van der Waals surface area (Å²) >= 11 is 0. The van der Waals surface area contributed by atoms with Gasteiger partial charge in [-0.15, -0.1) is 0 Å². The third-order valence-electron chi connectivity index (χ3n) is 3.06. The summed E-state index contributed by atoms with van der Waals surface area (Å²) < 4.78 is 0. The van der Waals surface area contributed by atoms with Crippen LogP contribution in [0.25, 0.3) is 0 Å². The van der Waals surface area contributed by atoms with Crippen LogP contribution in [-0.2, 0) is 6.42 Å². The first kappa shape index (κ1) is 13.4. The van der Waals surface area contributed by atoms with Crippen molar-refractivity contribution in [3.05, 3.63) is 77.4 Å². The minimum Gasteiger partial charge on any atom is -0.381 e. The van der Waals surface area contributed by atoms with Crippen molar-refractivity contribution in [2.45, 2.75) is 20.3 Å². The molecule has 2 aromatic rings. The molecule has 1 N–H and O–H groups in total. The Kier molecular flexibility index (Phi) is 4.79. The summed E-state index contributed by atoms with van der Waals surface area (Å²) in [6, 6.07) is 19.1. The van der Waals surface area contributed by atoms with Crippen LogP contribution >= 0.6 is 0 Å². The first-order chi connectivity index (χ1) is 9.25. The number of anilines is 1. The van der Waals surface area contributed by atoms with E-state index < -0.39 is 0 Å². The van der Waals surface area contributed by atoms with Crippen LogP contribution in [-0.4, -0.2) is 6.54 Å². The summed E-state index contributed by atoms with van der Waals surface area (Å²) in [7, 11) is 0. The van der Waals surface area contributed by atoms with E-state index in [0.29, 0.717) is 0 Å². The van der Waals surface area contributed by atoms with Crippen LogP contribution in [0, 0.1) is 0 Å². The second-order valence-electron chi connectivity index (χ2n) is 4.98. The molecule has 0 radical (unpaired) electrons. The maximum absolute atomic E-state index is 3.49. The van der Waals surface area contributed by atoms with Crippen molar-refractivity contribution < 1.29 is 0 Å². The zero-order valence-corrected chi connectivity index (χ0v) is 11.7. The van der Waals surface area contributed by atoms with Crippen molar-refractivity contribution in [3.63, 3.8) is 0 Å². The number of para-hydroxylation sites is 1. The van der Waals surface area contributed by atoms with E-state index >= 15 is 0 Å². The van der Waals surface area contributed by atoms with E-state index in [4.69, 9.17) is 0 Å². The molecule has 0 saturated heterocycles. The molecule has 0 aromatic heterocycles. The van der Waals surface area contributed by atoms with Gasteiger partial charge in [0.25, 0.3) is 0 Å². The molecule has 0 aliphatic heterocycles. The second kappa shape index (κ2) is 6.79. The van der Waals surface area contributed by atoms with E-state index in [1.165, 1.54) is 22.4 Å². The standard InChI is InChI=1S/C18H21N/c1-15(2)12-13-19-18-11-7-6-10-17(18)14-16-8-4-3-5-9-16/h3-12,19H,13-14H2,1-2H3. The molecule has 98 valence electrons. The predicted molar refractivity (Wildman–Crippen MR) is 83.6 cm³/mol. The Balaban J connectivity index is 2.10. The minimum atomic E-state index is 0.883. The fourth-order valence-electron chi connectivity index (χ4n) is 2.03. The van der Waals surface area contributed by atoms with Crippen molar-refractivity contribution in [2.75, 3.05) is 11.9 Å². The van der Waals surface area contributed by atoms with Gasteiger partial charge in [-0.25, -0.2) is 0 Å². The van der Waals surface area contributed by atoms with Gasteiger partial charge < -0.3 is 5.32 Å². The summed E-state index contributed by atoms with van der Waals surface area (Å²) in [4.78, 5) is 0. The fraction of sp³-hybridized carbons (Fsp3) is 0.222. The van der Waals surface area contributed by atoms with E-state index in [2.05, 4.69) is 79.8 Å². The molecule has 1 heteroatoms. The van der Waals surface area contributed by atoms with Crippen molar-refractivity contribution >= 4 is 5.69 Å². The van der Waals surface area contributed by atoms with Gasteiger partial charge in [-0.2, -0.15) is 0 Å². The predicted octanol–water partition coefficient (Wildman–Crippen LogP) is 4.66. The lowest BCUT2D eigenvalue weighted by atomic mass is 10.0. The van der Waals surface area contributed by atoms with Crippen LogP contribution in [0.4, 0.5) is 5.69 Å². The molecule has 0 unspecified atom stereocenters. The molecule has 0 heterocycles. The molecule has 2 aromatic carbocycles. The van der Waals surface area contributed by atoms with Crippen LogP contribution in [0.1, 0.15) is 25.0 Å². The number of allylic oxidation sites excluding steroid dienone is 1. The molecule has 0 spiro atoms. The highest BCUT2D eigenvalue weighted by molar-refractivity contribution is 5.53. The Morgan fingerprint density at radius 3 is 2.37 bits per heavy atom. The van der Waals surface area contributed by atoms with Crippen molar-refractivity contribution in [3.8, 4) is 0 Å². The smallest absolute Gasteiger partial charge is 0.0378 e. The first-order valence-electron chi connectivity index (χ1n) is 6.75. The van der Waals surface area contributed by atoms with Gasteiger partial charge in [-0.1, -0.05) is 60.2 Å². The highest BCUT2D eigenvalue weighted by Gasteiger charge is 2.01. The minimum absolute atomic E-state index is 0.883. The molecule has 19 heavy (non-hydrogen) atoms. The number of nitrogens with one attached hydrogen (secondary N) is 1. The maximum atomic E-state index is 3.49. The van der Waals surface area contributed by atoms with Crippen LogP contribution in [0.5, 0.6) is 0 Å². The fourth-order valence-corrected chi connectivity index (χ4v) is 2.03. The molecule has 0 amide bonds. The quantitative estimate of drug-likeness (QED) is 0.762. The molecule has 0 saturated carbocycles. The zero-order valence-electron chi connectivity index (χ0n) is 11.7. The Bertz CT molecular complexity index is 537. The monoisotopic (exact) mass is 251 g/mol. The van der Waals surface area contributed by atoms with Crippen LogP contribution in [0.15, 0.2) is 66.2 Å². The molecule has 0 fully saturated rings. The molecular weight excluding hydrogens is 230 g/mol.